The molecule has 0 radical (unpaired) electrons. The first-order valence-corrected chi connectivity index (χ1v) is 11.4. The number of piperidine rings is 1. The Kier molecular flexibility index (Phi) is 6.70. The summed E-state index contributed by atoms with van der Waals surface area (Å²) in [4.78, 5) is 15.8. The molecule has 2 aromatic carbocycles. The quantitative estimate of drug-likeness (QED) is 0.703. The first kappa shape index (κ1) is 23.2. The summed E-state index contributed by atoms with van der Waals surface area (Å²) in [5, 5.41) is 11.6. The highest BCUT2D eigenvalue weighted by Crippen LogP contribution is 2.51. The molecule has 0 spiro atoms. The Hall–Kier alpha value is -2.93. The van der Waals surface area contributed by atoms with Crippen molar-refractivity contribution in [3.63, 3.8) is 0 Å². The molecule has 7 heteroatoms. The molecule has 3 unspecified atom stereocenters. The van der Waals surface area contributed by atoms with Gasteiger partial charge in [0.25, 0.3) is 5.91 Å². The van der Waals surface area contributed by atoms with Gasteiger partial charge in [0, 0.05) is 30.2 Å². The van der Waals surface area contributed by atoms with Crippen LogP contribution in [0.5, 0.6) is 23.0 Å². The minimum atomic E-state index is -0.797. The number of hydrogen-bond donors (Lipinski definition) is 1. The van der Waals surface area contributed by atoms with Crippen LogP contribution >= 0.6 is 0 Å². The molecule has 178 valence electrons. The first-order valence-electron chi connectivity index (χ1n) is 11.4. The van der Waals surface area contributed by atoms with Gasteiger partial charge in [-0.05, 0) is 43.5 Å². The van der Waals surface area contributed by atoms with Crippen molar-refractivity contribution in [3.8, 4) is 23.0 Å². The standard InChI is InChI=1S/C26H33NO6/c1-30-17-8-10-19(22(15-17)32-3)24-21-7-5-6-12-26(21,29)13-14-27(24)25(28)20-11-9-18(31-2)16-23(20)33-4/h8-11,15-16,21,24,29H,5-7,12-14H2,1-4H3. The molecule has 1 aliphatic carbocycles. The number of benzene rings is 2. The number of nitrogens with zero attached hydrogens (tertiary/aromatic N) is 1. The van der Waals surface area contributed by atoms with Gasteiger partial charge >= 0.3 is 0 Å². The Morgan fingerprint density at radius 2 is 1.58 bits per heavy atom. The number of fused-ring (bicyclic) bond motifs is 1. The van der Waals surface area contributed by atoms with Crippen molar-refractivity contribution in [1.82, 2.24) is 4.90 Å². The summed E-state index contributed by atoms with van der Waals surface area (Å²) in [6.07, 6.45) is 4.17. The Labute approximate surface area is 195 Å². The van der Waals surface area contributed by atoms with Crippen LogP contribution < -0.4 is 18.9 Å². The zero-order chi connectivity index (χ0) is 23.6. The summed E-state index contributed by atoms with van der Waals surface area (Å²) in [7, 11) is 6.36. The van der Waals surface area contributed by atoms with Gasteiger partial charge in [0.2, 0.25) is 0 Å². The van der Waals surface area contributed by atoms with Gasteiger partial charge in [0.1, 0.15) is 23.0 Å². The molecule has 2 aliphatic rings. The van der Waals surface area contributed by atoms with Gasteiger partial charge in [-0.15, -0.1) is 0 Å². The number of ether oxygens (including phenoxy) is 4. The number of carbonyl (C=O) groups is 1. The lowest BCUT2D eigenvalue weighted by molar-refractivity contribution is -0.115. The molecule has 1 amide bonds. The second-order valence-electron chi connectivity index (χ2n) is 8.82. The fraction of sp³-hybridized carbons (Fsp3) is 0.500. The third-order valence-electron chi connectivity index (χ3n) is 7.23. The van der Waals surface area contributed by atoms with Crippen molar-refractivity contribution in [3.05, 3.63) is 47.5 Å². The molecule has 1 saturated heterocycles. The van der Waals surface area contributed by atoms with Crippen molar-refractivity contribution >= 4 is 5.91 Å². The number of aliphatic hydroxyl groups is 1. The summed E-state index contributed by atoms with van der Waals surface area (Å²) in [6, 6.07) is 10.6. The van der Waals surface area contributed by atoms with E-state index in [9.17, 15) is 9.90 Å². The number of methoxy groups -OCH3 is 4. The Morgan fingerprint density at radius 1 is 0.909 bits per heavy atom. The molecule has 3 atom stereocenters. The smallest absolute Gasteiger partial charge is 0.258 e. The van der Waals surface area contributed by atoms with E-state index in [1.807, 2.05) is 23.1 Å². The van der Waals surface area contributed by atoms with Gasteiger partial charge in [0.05, 0.1) is 45.6 Å². The molecule has 0 bridgehead atoms. The lowest BCUT2D eigenvalue weighted by Crippen LogP contribution is -2.56. The second kappa shape index (κ2) is 9.51. The van der Waals surface area contributed by atoms with Crippen LogP contribution in [0.4, 0.5) is 0 Å². The zero-order valence-corrected chi connectivity index (χ0v) is 19.8. The van der Waals surface area contributed by atoms with E-state index in [0.29, 0.717) is 41.5 Å². The molecule has 1 saturated carbocycles. The van der Waals surface area contributed by atoms with Crippen molar-refractivity contribution in [1.29, 1.82) is 0 Å². The largest absolute Gasteiger partial charge is 0.497 e. The Bertz CT molecular complexity index is 1010. The summed E-state index contributed by atoms with van der Waals surface area (Å²) in [6.45, 7) is 0.445. The Balaban J connectivity index is 1.81. The molecule has 2 aromatic rings. The van der Waals surface area contributed by atoms with Crippen LogP contribution in [-0.4, -0.2) is 56.5 Å². The van der Waals surface area contributed by atoms with Crippen LogP contribution in [0.25, 0.3) is 0 Å². The molecule has 1 N–H and O–H groups in total. The van der Waals surface area contributed by atoms with E-state index in [0.717, 1.165) is 31.2 Å². The highest BCUT2D eigenvalue weighted by atomic mass is 16.5. The van der Waals surface area contributed by atoms with E-state index >= 15 is 0 Å². The first-order chi connectivity index (χ1) is 16.0. The second-order valence-corrected chi connectivity index (χ2v) is 8.82. The predicted octanol–water partition coefficient (Wildman–Crippen LogP) is 4.23. The highest BCUT2D eigenvalue weighted by Gasteiger charge is 2.51. The molecule has 7 nitrogen and oxygen atoms in total. The van der Waals surface area contributed by atoms with Crippen LogP contribution in [0.15, 0.2) is 36.4 Å². The molecular formula is C26H33NO6. The minimum absolute atomic E-state index is 0.0875. The average molecular weight is 456 g/mol. The normalized spacial score (nSPS) is 24.6. The molecular weight excluding hydrogens is 422 g/mol. The van der Waals surface area contributed by atoms with Crippen LogP contribution in [-0.2, 0) is 0 Å². The molecule has 0 aromatic heterocycles. The monoisotopic (exact) mass is 455 g/mol. The van der Waals surface area contributed by atoms with Gasteiger partial charge in [-0.25, -0.2) is 0 Å². The fourth-order valence-electron chi connectivity index (χ4n) is 5.49. The number of rotatable bonds is 6. The fourth-order valence-corrected chi connectivity index (χ4v) is 5.49. The van der Waals surface area contributed by atoms with Crippen molar-refractivity contribution in [2.75, 3.05) is 35.0 Å². The van der Waals surface area contributed by atoms with Gasteiger partial charge in [-0.2, -0.15) is 0 Å². The zero-order valence-electron chi connectivity index (χ0n) is 19.8. The molecule has 1 aliphatic heterocycles. The molecule has 4 rings (SSSR count). The van der Waals surface area contributed by atoms with E-state index in [4.69, 9.17) is 18.9 Å². The molecule has 2 fully saturated rings. The van der Waals surface area contributed by atoms with Gasteiger partial charge in [-0.3, -0.25) is 4.79 Å². The highest BCUT2D eigenvalue weighted by molar-refractivity contribution is 5.97. The van der Waals surface area contributed by atoms with Crippen LogP contribution in [0.3, 0.4) is 0 Å². The molecule has 33 heavy (non-hydrogen) atoms. The van der Waals surface area contributed by atoms with Crippen molar-refractivity contribution in [2.45, 2.75) is 43.7 Å². The maximum atomic E-state index is 13.9. The van der Waals surface area contributed by atoms with E-state index < -0.39 is 5.60 Å². The number of hydrogen-bond acceptors (Lipinski definition) is 6. The van der Waals surface area contributed by atoms with E-state index in [-0.39, 0.29) is 17.9 Å². The van der Waals surface area contributed by atoms with E-state index in [2.05, 4.69) is 0 Å². The molecule has 1 heterocycles. The lowest BCUT2D eigenvalue weighted by atomic mass is 9.66. The van der Waals surface area contributed by atoms with Gasteiger partial charge in [0.15, 0.2) is 0 Å². The third kappa shape index (κ3) is 4.22. The van der Waals surface area contributed by atoms with Gasteiger partial charge in [-0.1, -0.05) is 12.8 Å². The Morgan fingerprint density at radius 3 is 2.24 bits per heavy atom. The minimum Gasteiger partial charge on any atom is -0.497 e. The number of amides is 1. The van der Waals surface area contributed by atoms with E-state index in [1.54, 1.807) is 46.6 Å². The topological polar surface area (TPSA) is 77.5 Å². The maximum Gasteiger partial charge on any atom is 0.258 e. The SMILES string of the molecule is COc1ccc(C(=O)N2CCC3(O)CCCCC3C2c2ccc(OC)cc2OC)c(OC)c1. The van der Waals surface area contributed by atoms with Crippen molar-refractivity contribution < 1.29 is 28.8 Å². The maximum absolute atomic E-state index is 13.9. The van der Waals surface area contributed by atoms with Crippen LogP contribution in [0.2, 0.25) is 0 Å². The average Bonchev–Trinajstić information content (AvgIpc) is 2.86. The predicted molar refractivity (Wildman–Crippen MR) is 124 cm³/mol. The van der Waals surface area contributed by atoms with Crippen LogP contribution in [0.1, 0.15) is 54.1 Å². The lowest BCUT2D eigenvalue weighted by Gasteiger charge is -2.52. The number of likely N-dealkylation sites (tertiary alicyclic amines) is 1. The summed E-state index contributed by atoms with van der Waals surface area (Å²) < 4.78 is 21.9. The van der Waals surface area contributed by atoms with Gasteiger partial charge < -0.3 is 29.0 Å². The van der Waals surface area contributed by atoms with Crippen LogP contribution in [0, 0.1) is 5.92 Å². The summed E-state index contributed by atoms with van der Waals surface area (Å²) >= 11 is 0. The summed E-state index contributed by atoms with van der Waals surface area (Å²) in [5.74, 6) is 2.19. The van der Waals surface area contributed by atoms with E-state index in [1.165, 1.54) is 0 Å². The third-order valence-corrected chi connectivity index (χ3v) is 7.23. The van der Waals surface area contributed by atoms with Crippen molar-refractivity contribution in [2.24, 2.45) is 5.92 Å². The number of carbonyl (C=O) groups excluding carboxylic acids is 1. The summed E-state index contributed by atoms with van der Waals surface area (Å²) in [5.41, 5.74) is 0.551.